The largest absolute Gasteiger partial charge is 0.480 e. The number of nitrogens with two attached hydrogens (primary N) is 1. The molecule has 1 aliphatic heterocycles. The van der Waals surface area contributed by atoms with Crippen molar-refractivity contribution >= 4 is 29.2 Å². The van der Waals surface area contributed by atoms with Gasteiger partial charge in [-0.05, 0) is 39.3 Å². The first-order chi connectivity index (χ1) is 15.0. The number of aromatic nitrogens is 3. The number of carbonyl (C=O) groups excluding carboxylic acids is 1. The zero-order valence-corrected chi connectivity index (χ0v) is 18.4. The zero-order chi connectivity index (χ0) is 23.5. The Morgan fingerprint density at radius 2 is 2.09 bits per heavy atom. The van der Waals surface area contributed by atoms with E-state index >= 15 is 0 Å². The molecule has 1 saturated heterocycles. The minimum atomic E-state index is -3.23. The number of anilines is 4. The van der Waals surface area contributed by atoms with Crippen LogP contribution in [0.25, 0.3) is 0 Å². The van der Waals surface area contributed by atoms with E-state index in [1.807, 2.05) is 0 Å². The van der Waals surface area contributed by atoms with Crippen LogP contribution in [0.5, 0.6) is 5.88 Å². The second-order valence-electron chi connectivity index (χ2n) is 8.33. The summed E-state index contributed by atoms with van der Waals surface area (Å²) >= 11 is 0. The SMILES string of the molecule is COc1ncccc1Nc1ncc(N)c(NC2CCN(C(=O)OC(C)(C)C)CC2(F)F)n1. The predicted octanol–water partition coefficient (Wildman–Crippen LogP) is 3.26. The van der Waals surface area contributed by atoms with E-state index in [0.29, 0.717) is 11.6 Å². The van der Waals surface area contributed by atoms with E-state index in [-0.39, 0.29) is 30.4 Å². The number of hydrogen-bond donors (Lipinski definition) is 3. The molecule has 0 bridgehead atoms. The van der Waals surface area contributed by atoms with Crippen molar-refractivity contribution in [2.24, 2.45) is 0 Å². The number of nitrogens with zero attached hydrogens (tertiary/aromatic N) is 4. The number of nitrogen functional groups attached to an aromatic ring is 1. The highest BCUT2D eigenvalue weighted by molar-refractivity contribution is 5.69. The van der Waals surface area contributed by atoms with E-state index in [4.69, 9.17) is 15.2 Å². The molecule has 0 aliphatic carbocycles. The Bertz CT molecular complexity index is 968. The van der Waals surface area contributed by atoms with Crippen molar-refractivity contribution in [1.82, 2.24) is 19.9 Å². The smallest absolute Gasteiger partial charge is 0.410 e. The van der Waals surface area contributed by atoms with Gasteiger partial charge in [-0.2, -0.15) is 4.98 Å². The van der Waals surface area contributed by atoms with Gasteiger partial charge in [0, 0.05) is 12.7 Å². The van der Waals surface area contributed by atoms with Gasteiger partial charge < -0.3 is 30.7 Å². The van der Waals surface area contributed by atoms with Gasteiger partial charge in [-0.25, -0.2) is 23.5 Å². The van der Waals surface area contributed by atoms with Gasteiger partial charge in [0.1, 0.15) is 11.3 Å². The number of alkyl halides is 2. The third kappa shape index (κ3) is 5.62. The molecule has 1 amide bonds. The quantitative estimate of drug-likeness (QED) is 0.627. The molecule has 174 valence electrons. The molecule has 0 spiro atoms. The van der Waals surface area contributed by atoms with Gasteiger partial charge in [-0.15, -0.1) is 0 Å². The molecular formula is C20H27F2N7O3. The van der Waals surface area contributed by atoms with E-state index in [9.17, 15) is 13.6 Å². The highest BCUT2D eigenvalue weighted by Gasteiger charge is 2.47. The number of pyridine rings is 1. The van der Waals surface area contributed by atoms with Crippen LogP contribution in [-0.4, -0.2) is 63.7 Å². The second kappa shape index (κ2) is 8.97. The molecule has 3 heterocycles. The highest BCUT2D eigenvalue weighted by Crippen LogP contribution is 2.32. The molecule has 1 atom stereocenters. The molecule has 1 aliphatic rings. The first-order valence-electron chi connectivity index (χ1n) is 9.99. The Balaban J connectivity index is 1.72. The Labute approximate surface area is 184 Å². The Morgan fingerprint density at radius 1 is 1.34 bits per heavy atom. The molecule has 3 rings (SSSR count). The number of hydrogen-bond acceptors (Lipinski definition) is 9. The molecule has 0 saturated carbocycles. The average Bonchev–Trinajstić information content (AvgIpc) is 2.70. The number of nitrogens with one attached hydrogen (secondary N) is 2. The molecule has 2 aromatic heterocycles. The van der Waals surface area contributed by atoms with Gasteiger partial charge in [0.15, 0.2) is 5.82 Å². The van der Waals surface area contributed by atoms with Crippen LogP contribution in [0, 0.1) is 0 Å². The lowest BCUT2D eigenvalue weighted by atomic mass is 10.0. The fraction of sp³-hybridized carbons (Fsp3) is 0.500. The number of ether oxygens (including phenoxy) is 2. The van der Waals surface area contributed by atoms with Crippen molar-refractivity contribution in [2.75, 3.05) is 36.6 Å². The van der Waals surface area contributed by atoms with Gasteiger partial charge in [0.2, 0.25) is 11.8 Å². The van der Waals surface area contributed by atoms with Crippen LogP contribution in [0.2, 0.25) is 0 Å². The molecule has 1 unspecified atom stereocenters. The second-order valence-corrected chi connectivity index (χ2v) is 8.33. The maximum absolute atomic E-state index is 14.8. The van der Waals surface area contributed by atoms with Crippen molar-refractivity contribution in [2.45, 2.75) is 44.8 Å². The summed E-state index contributed by atoms with van der Waals surface area (Å²) in [6.07, 6.45) is 2.09. The number of carbonyl (C=O) groups is 1. The molecular weight excluding hydrogens is 424 g/mol. The Morgan fingerprint density at radius 3 is 2.75 bits per heavy atom. The van der Waals surface area contributed by atoms with Crippen LogP contribution in [0.3, 0.4) is 0 Å². The molecule has 10 nitrogen and oxygen atoms in total. The molecule has 0 radical (unpaired) electrons. The highest BCUT2D eigenvalue weighted by atomic mass is 19.3. The van der Waals surface area contributed by atoms with Gasteiger partial charge in [-0.3, -0.25) is 0 Å². The molecule has 12 heteroatoms. The fourth-order valence-electron chi connectivity index (χ4n) is 3.10. The summed E-state index contributed by atoms with van der Waals surface area (Å²) in [6.45, 7) is 4.37. The van der Waals surface area contributed by atoms with Crippen molar-refractivity contribution in [3.05, 3.63) is 24.5 Å². The third-order valence-corrected chi connectivity index (χ3v) is 4.59. The van der Waals surface area contributed by atoms with Crippen LogP contribution in [-0.2, 0) is 4.74 Å². The summed E-state index contributed by atoms with van der Waals surface area (Å²) in [5.74, 6) is -2.72. The van der Waals surface area contributed by atoms with E-state index in [1.165, 1.54) is 13.3 Å². The zero-order valence-electron chi connectivity index (χ0n) is 18.4. The lowest BCUT2D eigenvalue weighted by molar-refractivity contribution is -0.0770. The van der Waals surface area contributed by atoms with Crippen LogP contribution in [0.15, 0.2) is 24.5 Å². The van der Waals surface area contributed by atoms with Gasteiger partial charge in [0.25, 0.3) is 5.92 Å². The number of amides is 1. The van der Waals surface area contributed by atoms with Gasteiger partial charge in [0.05, 0.1) is 31.6 Å². The number of piperidine rings is 1. The molecule has 4 N–H and O–H groups in total. The van der Waals surface area contributed by atoms with Crippen molar-refractivity contribution < 1.29 is 23.0 Å². The van der Waals surface area contributed by atoms with Crippen LogP contribution in [0.4, 0.5) is 36.7 Å². The molecule has 1 fully saturated rings. The van der Waals surface area contributed by atoms with Crippen molar-refractivity contribution in [3.8, 4) is 5.88 Å². The summed E-state index contributed by atoms with van der Waals surface area (Å²) in [7, 11) is 1.47. The summed E-state index contributed by atoms with van der Waals surface area (Å²) in [5.41, 5.74) is 5.75. The average molecular weight is 451 g/mol. The first kappa shape index (κ1) is 23.2. The minimum Gasteiger partial charge on any atom is -0.480 e. The van der Waals surface area contributed by atoms with Gasteiger partial charge in [-0.1, -0.05) is 0 Å². The monoisotopic (exact) mass is 451 g/mol. The van der Waals surface area contributed by atoms with Crippen molar-refractivity contribution in [3.63, 3.8) is 0 Å². The Kier molecular flexibility index (Phi) is 6.51. The number of halogens is 2. The molecule has 2 aromatic rings. The van der Waals surface area contributed by atoms with E-state index in [0.717, 1.165) is 4.90 Å². The Hall–Kier alpha value is -3.44. The van der Waals surface area contributed by atoms with Crippen LogP contribution >= 0.6 is 0 Å². The molecule has 32 heavy (non-hydrogen) atoms. The minimum absolute atomic E-state index is 0.0190. The van der Waals surface area contributed by atoms with Crippen LogP contribution in [0.1, 0.15) is 27.2 Å². The van der Waals surface area contributed by atoms with Crippen LogP contribution < -0.4 is 21.1 Å². The third-order valence-electron chi connectivity index (χ3n) is 4.59. The van der Waals surface area contributed by atoms with E-state index in [2.05, 4.69) is 25.6 Å². The first-order valence-corrected chi connectivity index (χ1v) is 9.99. The topological polar surface area (TPSA) is 128 Å². The van der Waals surface area contributed by atoms with Gasteiger partial charge >= 0.3 is 6.09 Å². The summed E-state index contributed by atoms with van der Waals surface area (Å²) in [4.78, 5) is 25.6. The van der Waals surface area contributed by atoms with E-state index < -0.39 is 30.2 Å². The number of methoxy groups -OCH3 is 1. The normalized spacial score (nSPS) is 18.1. The van der Waals surface area contributed by atoms with E-state index in [1.54, 1.807) is 39.1 Å². The maximum Gasteiger partial charge on any atom is 0.410 e. The lowest BCUT2D eigenvalue weighted by Gasteiger charge is -2.39. The summed E-state index contributed by atoms with van der Waals surface area (Å²) in [6, 6.07) is 2.12. The standard InChI is InChI=1S/C20H27F2N7O3/c1-19(2,3)32-18(30)29-9-7-14(20(21,22)11-29)27-15-12(23)10-25-17(28-15)26-13-6-5-8-24-16(13)31-4/h5-6,8,10,14H,7,9,11,23H2,1-4H3,(H2,25,26,27,28). The lowest BCUT2D eigenvalue weighted by Crippen LogP contribution is -2.56. The molecule has 0 aromatic carbocycles. The number of rotatable bonds is 5. The maximum atomic E-state index is 14.8. The van der Waals surface area contributed by atoms with Crippen molar-refractivity contribution in [1.29, 1.82) is 0 Å². The predicted molar refractivity (Wildman–Crippen MR) is 115 cm³/mol. The summed E-state index contributed by atoms with van der Waals surface area (Å²) in [5, 5.41) is 5.64. The number of likely N-dealkylation sites (tertiary alicyclic amines) is 1. The summed E-state index contributed by atoms with van der Waals surface area (Å²) < 4.78 is 40.1. The fourth-order valence-corrected chi connectivity index (χ4v) is 3.10.